The molecule has 2 aliphatic rings. The quantitative estimate of drug-likeness (QED) is 0.730. The van der Waals surface area contributed by atoms with Gasteiger partial charge in [-0.05, 0) is 60.9 Å². The van der Waals surface area contributed by atoms with E-state index >= 15 is 0 Å². The largest absolute Gasteiger partial charge is 0.341 e. The predicted molar refractivity (Wildman–Crippen MR) is 80.2 cm³/mol. The Balaban J connectivity index is 1.84. The molecule has 0 amide bonds. The molecule has 0 aromatic heterocycles. The molecule has 0 spiro atoms. The summed E-state index contributed by atoms with van der Waals surface area (Å²) in [5, 5.41) is 0. The van der Waals surface area contributed by atoms with Crippen LogP contribution in [-0.4, -0.2) is 6.54 Å². The number of hydrogen-bond donors (Lipinski definition) is 0. The first kappa shape index (κ1) is 11.1. The van der Waals surface area contributed by atoms with E-state index in [0.29, 0.717) is 0 Å². The fourth-order valence-electron chi connectivity index (χ4n) is 3.64. The molecule has 2 aromatic carbocycles. The van der Waals surface area contributed by atoms with Crippen molar-refractivity contribution in [1.82, 2.24) is 0 Å². The molecule has 1 heteroatoms. The molecule has 1 heterocycles. The molecular formula is C18H19N. The summed E-state index contributed by atoms with van der Waals surface area (Å²) in [6.45, 7) is 1.16. The lowest BCUT2D eigenvalue weighted by molar-refractivity contribution is 0.764. The van der Waals surface area contributed by atoms with Crippen LogP contribution in [0.3, 0.4) is 0 Å². The van der Waals surface area contributed by atoms with Crippen LogP contribution in [0.1, 0.15) is 29.5 Å². The van der Waals surface area contributed by atoms with Crippen molar-refractivity contribution in [3.8, 4) is 0 Å². The number of hydrogen-bond acceptors (Lipinski definition) is 1. The zero-order valence-electron chi connectivity index (χ0n) is 11.2. The van der Waals surface area contributed by atoms with Crippen LogP contribution >= 0.6 is 0 Å². The highest BCUT2D eigenvalue weighted by Crippen LogP contribution is 2.38. The van der Waals surface area contributed by atoms with Gasteiger partial charge < -0.3 is 4.90 Å². The van der Waals surface area contributed by atoms with Gasteiger partial charge in [-0.1, -0.05) is 30.3 Å². The molecule has 0 fully saturated rings. The van der Waals surface area contributed by atoms with Crippen molar-refractivity contribution in [1.29, 1.82) is 0 Å². The molecule has 4 rings (SSSR count). The van der Waals surface area contributed by atoms with Gasteiger partial charge in [0.2, 0.25) is 0 Å². The maximum Gasteiger partial charge on any atom is 0.0446 e. The Morgan fingerprint density at radius 1 is 0.684 bits per heavy atom. The number of nitrogens with zero attached hydrogens (tertiary/aromatic N) is 1. The van der Waals surface area contributed by atoms with Crippen molar-refractivity contribution in [3.63, 3.8) is 0 Å². The fraction of sp³-hybridized carbons (Fsp3) is 0.333. The molecule has 0 radical (unpaired) electrons. The Labute approximate surface area is 114 Å². The Bertz CT molecular complexity index is 615. The van der Waals surface area contributed by atoms with Crippen LogP contribution in [0.5, 0.6) is 0 Å². The molecule has 1 aliphatic heterocycles. The summed E-state index contributed by atoms with van der Waals surface area (Å²) in [5.41, 5.74) is 7.56. The minimum absolute atomic E-state index is 1.16. The summed E-state index contributed by atoms with van der Waals surface area (Å²) in [7, 11) is 0. The molecule has 19 heavy (non-hydrogen) atoms. The Morgan fingerprint density at radius 3 is 2.47 bits per heavy atom. The van der Waals surface area contributed by atoms with E-state index in [1.165, 1.54) is 49.0 Å². The van der Waals surface area contributed by atoms with Crippen molar-refractivity contribution in [2.24, 2.45) is 0 Å². The molecule has 1 aliphatic carbocycles. The topological polar surface area (TPSA) is 3.24 Å². The Morgan fingerprint density at radius 2 is 1.47 bits per heavy atom. The maximum atomic E-state index is 2.54. The van der Waals surface area contributed by atoms with Gasteiger partial charge in [0, 0.05) is 17.9 Å². The summed E-state index contributed by atoms with van der Waals surface area (Å²) < 4.78 is 0. The first-order valence-electron chi connectivity index (χ1n) is 7.40. The van der Waals surface area contributed by atoms with Crippen LogP contribution < -0.4 is 4.90 Å². The van der Waals surface area contributed by atoms with Gasteiger partial charge in [-0.15, -0.1) is 0 Å². The van der Waals surface area contributed by atoms with Crippen LogP contribution in [0.2, 0.25) is 0 Å². The summed E-state index contributed by atoms with van der Waals surface area (Å²) >= 11 is 0. The van der Waals surface area contributed by atoms with Gasteiger partial charge >= 0.3 is 0 Å². The lowest BCUT2D eigenvalue weighted by atomic mass is 9.99. The maximum absolute atomic E-state index is 2.54. The molecule has 0 unspecified atom stereocenters. The average molecular weight is 249 g/mol. The number of anilines is 2. The number of para-hydroxylation sites is 1. The third kappa shape index (κ3) is 1.76. The van der Waals surface area contributed by atoms with Gasteiger partial charge in [-0.2, -0.15) is 0 Å². The molecule has 0 saturated carbocycles. The third-order valence-electron chi connectivity index (χ3n) is 4.52. The number of benzene rings is 2. The van der Waals surface area contributed by atoms with Crippen LogP contribution in [0.15, 0.2) is 42.5 Å². The third-order valence-corrected chi connectivity index (χ3v) is 4.52. The normalized spacial score (nSPS) is 17.2. The highest BCUT2D eigenvalue weighted by Gasteiger charge is 2.22. The Kier molecular flexibility index (Phi) is 2.58. The summed E-state index contributed by atoms with van der Waals surface area (Å²) in [6, 6.07) is 15.7. The molecule has 2 aromatic rings. The smallest absolute Gasteiger partial charge is 0.0446 e. The van der Waals surface area contributed by atoms with Crippen molar-refractivity contribution in [2.45, 2.75) is 32.1 Å². The van der Waals surface area contributed by atoms with Crippen molar-refractivity contribution in [3.05, 3.63) is 59.2 Å². The second-order valence-electron chi connectivity index (χ2n) is 5.65. The van der Waals surface area contributed by atoms with E-state index in [1.807, 2.05) is 0 Å². The number of fused-ring (bicyclic) bond motifs is 2. The fourth-order valence-corrected chi connectivity index (χ4v) is 3.64. The van der Waals surface area contributed by atoms with E-state index < -0.39 is 0 Å². The zero-order chi connectivity index (χ0) is 12.7. The van der Waals surface area contributed by atoms with E-state index in [4.69, 9.17) is 0 Å². The molecule has 0 saturated heterocycles. The van der Waals surface area contributed by atoms with Crippen molar-refractivity contribution < 1.29 is 0 Å². The van der Waals surface area contributed by atoms with Crippen molar-refractivity contribution in [2.75, 3.05) is 11.4 Å². The molecular weight excluding hydrogens is 230 g/mol. The average Bonchev–Trinajstić information content (AvgIpc) is 2.95. The minimum atomic E-state index is 1.16. The van der Waals surface area contributed by atoms with Gasteiger partial charge in [0.1, 0.15) is 0 Å². The lowest BCUT2D eigenvalue weighted by Crippen LogP contribution is -2.25. The highest BCUT2D eigenvalue weighted by molar-refractivity contribution is 5.71. The van der Waals surface area contributed by atoms with Gasteiger partial charge in [0.05, 0.1) is 0 Å². The molecule has 1 nitrogen and oxygen atoms in total. The summed E-state index contributed by atoms with van der Waals surface area (Å²) in [4.78, 5) is 2.54. The van der Waals surface area contributed by atoms with Crippen LogP contribution in [0, 0.1) is 0 Å². The van der Waals surface area contributed by atoms with E-state index in [-0.39, 0.29) is 0 Å². The van der Waals surface area contributed by atoms with Gasteiger partial charge in [-0.25, -0.2) is 0 Å². The van der Waals surface area contributed by atoms with E-state index in [2.05, 4.69) is 47.4 Å². The van der Waals surface area contributed by atoms with Crippen LogP contribution in [0.4, 0.5) is 11.4 Å². The van der Waals surface area contributed by atoms with Crippen LogP contribution in [-0.2, 0) is 19.3 Å². The van der Waals surface area contributed by atoms with E-state index in [9.17, 15) is 0 Å². The second-order valence-corrected chi connectivity index (χ2v) is 5.65. The SMILES string of the molecule is c1ccc2c(c1)CCCN2c1cccc2c1CCC2. The monoisotopic (exact) mass is 249 g/mol. The van der Waals surface area contributed by atoms with Crippen molar-refractivity contribution >= 4 is 11.4 Å². The zero-order valence-corrected chi connectivity index (χ0v) is 11.2. The predicted octanol–water partition coefficient (Wildman–Crippen LogP) is 4.26. The second kappa shape index (κ2) is 4.41. The Hall–Kier alpha value is -1.76. The first-order chi connectivity index (χ1) is 9.43. The number of rotatable bonds is 1. The van der Waals surface area contributed by atoms with E-state index in [0.717, 1.165) is 6.54 Å². The highest BCUT2D eigenvalue weighted by atomic mass is 15.1. The van der Waals surface area contributed by atoms with Gasteiger partial charge in [0.15, 0.2) is 0 Å². The summed E-state index contributed by atoms with van der Waals surface area (Å²) in [6.07, 6.45) is 6.33. The molecule has 0 N–H and O–H groups in total. The molecule has 0 atom stereocenters. The number of aryl methyl sites for hydroxylation is 2. The standard InChI is InChI=1S/C18H19N/c1-2-11-17-15(6-1)9-5-13-19(17)18-12-4-8-14-7-3-10-16(14)18/h1-2,4,6,8,11-12H,3,5,7,9-10,13H2. The molecule has 0 bridgehead atoms. The lowest BCUT2D eigenvalue weighted by Gasteiger charge is -2.32. The van der Waals surface area contributed by atoms with Gasteiger partial charge in [-0.3, -0.25) is 0 Å². The summed E-state index contributed by atoms with van der Waals surface area (Å²) in [5.74, 6) is 0. The molecule has 96 valence electrons. The van der Waals surface area contributed by atoms with Crippen LogP contribution in [0.25, 0.3) is 0 Å². The van der Waals surface area contributed by atoms with Gasteiger partial charge in [0.25, 0.3) is 0 Å². The first-order valence-corrected chi connectivity index (χ1v) is 7.40. The minimum Gasteiger partial charge on any atom is -0.341 e. The van der Waals surface area contributed by atoms with E-state index in [1.54, 1.807) is 11.1 Å².